The maximum atomic E-state index is 13.2. The number of anilines is 1. The van der Waals surface area contributed by atoms with E-state index in [1.165, 1.54) is 0 Å². The molecule has 1 fully saturated rings. The van der Waals surface area contributed by atoms with E-state index in [1.807, 2.05) is 24.3 Å². The highest BCUT2D eigenvalue weighted by atomic mass is 19.4. The zero-order valence-corrected chi connectivity index (χ0v) is 15.1. The van der Waals surface area contributed by atoms with Crippen LogP contribution in [0.5, 0.6) is 5.88 Å². The number of aromatic nitrogens is 4. The van der Waals surface area contributed by atoms with Crippen LogP contribution in [0.15, 0.2) is 49.1 Å². The maximum absolute atomic E-state index is 13.2. The fourth-order valence-corrected chi connectivity index (χ4v) is 2.60. The van der Waals surface area contributed by atoms with Crippen LogP contribution in [-0.4, -0.2) is 39.3 Å². The molecule has 0 unspecified atom stereocenters. The minimum atomic E-state index is -4.60. The Kier molecular flexibility index (Phi) is 5.26. The van der Waals surface area contributed by atoms with Crippen LogP contribution in [0.2, 0.25) is 0 Å². The fourth-order valence-electron chi connectivity index (χ4n) is 2.60. The molecule has 1 N–H and O–H groups in total. The van der Waals surface area contributed by atoms with Crippen molar-refractivity contribution in [1.82, 2.24) is 19.9 Å². The summed E-state index contributed by atoms with van der Waals surface area (Å²) in [6.45, 7) is 0.808. The molecule has 0 amide bonds. The lowest BCUT2D eigenvalue weighted by atomic mass is 10.1. The molecular formula is C19H16F3N5O2. The molecule has 0 aliphatic carbocycles. The number of alkyl halides is 3. The molecule has 150 valence electrons. The molecule has 0 bridgehead atoms. The average molecular weight is 403 g/mol. The number of hydrogen-bond donors (Lipinski definition) is 1. The molecule has 7 nitrogen and oxygen atoms in total. The Morgan fingerprint density at radius 1 is 1.07 bits per heavy atom. The van der Waals surface area contributed by atoms with E-state index < -0.39 is 23.7 Å². The summed E-state index contributed by atoms with van der Waals surface area (Å²) < 4.78 is 49.7. The number of rotatable bonds is 6. The van der Waals surface area contributed by atoms with E-state index in [0.717, 1.165) is 23.0 Å². The molecule has 0 radical (unpaired) electrons. The molecule has 1 aliphatic rings. The summed E-state index contributed by atoms with van der Waals surface area (Å²) in [4.78, 5) is 15.9. The van der Waals surface area contributed by atoms with Gasteiger partial charge < -0.3 is 14.8 Å². The molecule has 2 aromatic heterocycles. The van der Waals surface area contributed by atoms with Crippen molar-refractivity contribution in [2.75, 3.05) is 18.5 Å². The average Bonchev–Trinajstić information content (AvgIpc) is 2.69. The lowest BCUT2D eigenvalue weighted by Gasteiger charge is -2.27. The first-order valence-electron chi connectivity index (χ1n) is 8.77. The van der Waals surface area contributed by atoms with Gasteiger partial charge in [-0.1, -0.05) is 24.3 Å². The van der Waals surface area contributed by atoms with Gasteiger partial charge in [-0.25, -0.2) is 4.98 Å². The van der Waals surface area contributed by atoms with Gasteiger partial charge in [0.2, 0.25) is 11.8 Å². The van der Waals surface area contributed by atoms with Gasteiger partial charge in [0, 0.05) is 30.7 Å². The number of ether oxygens (including phenoxy) is 2. The van der Waals surface area contributed by atoms with Crippen LogP contribution < -0.4 is 10.1 Å². The molecule has 0 spiro atoms. The molecule has 3 heterocycles. The lowest BCUT2D eigenvalue weighted by molar-refractivity contribution is -0.142. The van der Waals surface area contributed by atoms with Crippen molar-refractivity contribution in [3.8, 4) is 17.1 Å². The second-order valence-corrected chi connectivity index (χ2v) is 6.33. The molecule has 1 aromatic carbocycles. The van der Waals surface area contributed by atoms with Gasteiger partial charge in [0.15, 0.2) is 0 Å². The van der Waals surface area contributed by atoms with Crippen molar-refractivity contribution in [1.29, 1.82) is 0 Å². The van der Waals surface area contributed by atoms with Gasteiger partial charge in [-0.15, -0.1) is 0 Å². The quantitative estimate of drug-likeness (QED) is 0.676. The first kappa shape index (κ1) is 19.1. The minimum Gasteiger partial charge on any atom is -0.469 e. The van der Waals surface area contributed by atoms with E-state index in [9.17, 15) is 13.2 Å². The Morgan fingerprint density at radius 2 is 1.86 bits per heavy atom. The number of nitrogens with one attached hydrogen (secondary N) is 1. The van der Waals surface area contributed by atoms with Crippen molar-refractivity contribution >= 4 is 5.95 Å². The Balaban J connectivity index is 1.45. The third-order valence-electron chi connectivity index (χ3n) is 4.21. The zero-order valence-electron chi connectivity index (χ0n) is 15.1. The summed E-state index contributed by atoms with van der Waals surface area (Å²) >= 11 is 0. The van der Waals surface area contributed by atoms with Gasteiger partial charge in [-0.05, 0) is 5.56 Å². The second kappa shape index (κ2) is 8.00. The van der Waals surface area contributed by atoms with Gasteiger partial charge in [0.25, 0.3) is 0 Å². The van der Waals surface area contributed by atoms with Gasteiger partial charge >= 0.3 is 6.18 Å². The van der Waals surface area contributed by atoms with Crippen molar-refractivity contribution < 1.29 is 22.6 Å². The van der Waals surface area contributed by atoms with Crippen molar-refractivity contribution in [3.05, 3.63) is 60.2 Å². The predicted octanol–water partition coefficient (Wildman–Crippen LogP) is 3.34. The first-order valence-corrected chi connectivity index (χ1v) is 8.77. The highest BCUT2D eigenvalue weighted by molar-refractivity contribution is 5.58. The van der Waals surface area contributed by atoms with Crippen LogP contribution in [0, 0.1) is 0 Å². The zero-order chi connectivity index (χ0) is 20.3. The van der Waals surface area contributed by atoms with Crippen molar-refractivity contribution in [2.24, 2.45) is 0 Å². The van der Waals surface area contributed by atoms with Crippen LogP contribution in [0.1, 0.15) is 11.1 Å². The Hall–Kier alpha value is -3.27. The summed E-state index contributed by atoms with van der Waals surface area (Å²) in [7, 11) is 0. The largest absolute Gasteiger partial charge is 0.469 e. The van der Waals surface area contributed by atoms with Gasteiger partial charge in [0.05, 0.1) is 25.1 Å². The number of nitrogens with zero attached hydrogens (tertiary/aromatic N) is 4. The van der Waals surface area contributed by atoms with E-state index in [0.29, 0.717) is 6.54 Å². The smallest absolute Gasteiger partial charge is 0.423 e. The molecule has 0 saturated carbocycles. The van der Waals surface area contributed by atoms with Crippen molar-refractivity contribution in [2.45, 2.75) is 18.8 Å². The summed E-state index contributed by atoms with van der Waals surface area (Å²) in [6.07, 6.45) is 0.560. The third-order valence-corrected chi connectivity index (χ3v) is 4.21. The minimum absolute atomic E-state index is 0.0474. The Labute approximate surface area is 164 Å². The Morgan fingerprint density at radius 3 is 2.48 bits per heavy atom. The summed E-state index contributed by atoms with van der Waals surface area (Å²) in [5.74, 6) is -0.451. The molecule has 0 atom stereocenters. The normalized spacial score (nSPS) is 14.3. The molecule has 3 aromatic rings. The Bertz CT molecular complexity index is 964. The van der Waals surface area contributed by atoms with E-state index in [4.69, 9.17) is 9.47 Å². The lowest BCUT2D eigenvalue weighted by Crippen LogP contribution is -2.39. The summed E-state index contributed by atoms with van der Waals surface area (Å²) in [5.41, 5.74) is 1.55. The molecular weight excluding hydrogens is 387 g/mol. The van der Waals surface area contributed by atoms with E-state index in [2.05, 4.69) is 25.3 Å². The monoisotopic (exact) mass is 403 g/mol. The van der Waals surface area contributed by atoms with Crippen LogP contribution in [-0.2, 0) is 17.5 Å². The summed E-state index contributed by atoms with van der Waals surface area (Å²) in [6, 6.07) is 7.54. The van der Waals surface area contributed by atoms with Crippen LogP contribution in [0.25, 0.3) is 11.3 Å². The molecule has 1 saturated heterocycles. The van der Waals surface area contributed by atoms with E-state index in [-0.39, 0.29) is 19.2 Å². The highest BCUT2D eigenvalue weighted by Gasteiger charge is 2.37. The van der Waals surface area contributed by atoms with Gasteiger partial charge in [0.1, 0.15) is 11.7 Å². The number of benzene rings is 1. The topological polar surface area (TPSA) is 82.1 Å². The van der Waals surface area contributed by atoms with Crippen molar-refractivity contribution in [3.63, 3.8) is 0 Å². The van der Waals surface area contributed by atoms with Gasteiger partial charge in [-0.2, -0.15) is 18.2 Å². The third kappa shape index (κ3) is 4.60. The predicted molar refractivity (Wildman–Crippen MR) is 97.1 cm³/mol. The number of halogens is 3. The van der Waals surface area contributed by atoms with Crippen LogP contribution in [0.4, 0.5) is 19.1 Å². The maximum Gasteiger partial charge on any atom is 0.423 e. The molecule has 1 aliphatic heterocycles. The second-order valence-electron chi connectivity index (χ2n) is 6.33. The SMILES string of the molecule is FC(F)(F)c1cnc(NCc2ccc(-c3cnccn3)cc2)nc1OC1COC1. The standard InChI is InChI=1S/C19H16F3N5O2/c20-19(21,22)15-8-26-18(27-17(15)29-14-10-28-11-14)25-7-12-1-3-13(4-2-12)16-9-23-5-6-24-16/h1-6,8-9,14H,7,10-11H2,(H,25,26,27). The molecule has 10 heteroatoms. The van der Waals surface area contributed by atoms with E-state index >= 15 is 0 Å². The molecule has 29 heavy (non-hydrogen) atoms. The van der Waals surface area contributed by atoms with Crippen LogP contribution >= 0.6 is 0 Å². The first-order chi connectivity index (χ1) is 14.0. The fraction of sp³-hybridized carbons (Fsp3) is 0.263. The highest BCUT2D eigenvalue weighted by Crippen LogP contribution is 2.35. The van der Waals surface area contributed by atoms with E-state index in [1.54, 1.807) is 18.6 Å². The number of hydrogen-bond acceptors (Lipinski definition) is 7. The summed E-state index contributed by atoms with van der Waals surface area (Å²) in [5, 5.41) is 2.92. The van der Waals surface area contributed by atoms with Crippen LogP contribution in [0.3, 0.4) is 0 Å². The van der Waals surface area contributed by atoms with Gasteiger partial charge in [-0.3, -0.25) is 9.97 Å². The molecule has 4 rings (SSSR count).